The molecule has 0 radical (unpaired) electrons. The van der Waals surface area contributed by atoms with Crippen LogP contribution in [0, 0.1) is 0 Å². The number of phenols is 1. The average molecular weight is 248 g/mol. The van der Waals surface area contributed by atoms with Crippen molar-refractivity contribution in [2.75, 3.05) is 0 Å². The first-order chi connectivity index (χ1) is 4.20. The SMILES string of the molecule is Oc1ccc(Br)cc1Cl.[KH]. The van der Waals surface area contributed by atoms with E-state index in [9.17, 15) is 0 Å². The van der Waals surface area contributed by atoms with Gasteiger partial charge in [0.1, 0.15) is 5.75 Å². The van der Waals surface area contributed by atoms with Crippen LogP contribution >= 0.6 is 27.5 Å². The van der Waals surface area contributed by atoms with Gasteiger partial charge in [-0.3, -0.25) is 0 Å². The average Bonchev–Trinajstić information content (AvgIpc) is 1.80. The maximum absolute atomic E-state index is 8.89. The number of aromatic hydroxyl groups is 1. The summed E-state index contributed by atoms with van der Waals surface area (Å²) in [5.74, 6) is 0.111. The molecule has 0 atom stereocenters. The van der Waals surface area contributed by atoms with Crippen LogP contribution in [0.1, 0.15) is 0 Å². The van der Waals surface area contributed by atoms with Gasteiger partial charge in [-0.2, -0.15) is 0 Å². The first-order valence-corrected chi connectivity index (χ1v) is 3.51. The summed E-state index contributed by atoms with van der Waals surface area (Å²) in [4.78, 5) is 0. The van der Waals surface area contributed by atoms with Gasteiger partial charge in [-0.1, -0.05) is 27.5 Å². The van der Waals surface area contributed by atoms with Crippen LogP contribution in [0.2, 0.25) is 5.02 Å². The number of phenolic OH excluding ortho intramolecular Hbond substituents is 1. The molecule has 0 spiro atoms. The van der Waals surface area contributed by atoms with Gasteiger partial charge >= 0.3 is 51.4 Å². The van der Waals surface area contributed by atoms with Crippen LogP contribution in [0.25, 0.3) is 0 Å². The Labute approximate surface area is 115 Å². The zero-order valence-corrected chi connectivity index (χ0v) is 6.78. The molecule has 1 N–H and O–H groups in total. The van der Waals surface area contributed by atoms with Crippen LogP contribution in [-0.2, 0) is 0 Å². The van der Waals surface area contributed by atoms with Crippen molar-refractivity contribution in [2.45, 2.75) is 0 Å². The molecule has 1 nitrogen and oxygen atoms in total. The second-order valence-corrected chi connectivity index (χ2v) is 2.92. The second-order valence-electron chi connectivity index (χ2n) is 1.60. The van der Waals surface area contributed by atoms with E-state index in [1.807, 2.05) is 0 Å². The Kier molecular flexibility index (Phi) is 5.87. The number of hydrogen-bond acceptors (Lipinski definition) is 1. The van der Waals surface area contributed by atoms with Gasteiger partial charge in [0, 0.05) is 4.47 Å². The third kappa shape index (κ3) is 3.22. The van der Waals surface area contributed by atoms with Crippen LogP contribution < -0.4 is 0 Å². The minimum absolute atomic E-state index is 0. The first-order valence-electron chi connectivity index (χ1n) is 2.34. The van der Waals surface area contributed by atoms with E-state index in [2.05, 4.69) is 15.9 Å². The molecule has 1 aromatic rings. The van der Waals surface area contributed by atoms with Gasteiger partial charge in [0.25, 0.3) is 0 Å². The zero-order chi connectivity index (χ0) is 6.85. The third-order valence-electron chi connectivity index (χ3n) is 0.910. The van der Waals surface area contributed by atoms with E-state index in [0.717, 1.165) is 4.47 Å². The zero-order valence-electron chi connectivity index (χ0n) is 4.44. The number of hydrogen-bond donors (Lipinski definition) is 1. The summed E-state index contributed by atoms with van der Waals surface area (Å²) in [6, 6.07) is 4.89. The van der Waals surface area contributed by atoms with Crippen molar-refractivity contribution >= 4 is 78.9 Å². The Bertz CT molecular complexity index is 229. The van der Waals surface area contributed by atoms with E-state index in [4.69, 9.17) is 16.7 Å². The van der Waals surface area contributed by atoms with Crippen molar-refractivity contribution in [3.63, 3.8) is 0 Å². The normalized spacial score (nSPS) is 8.60. The fraction of sp³-hybridized carbons (Fsp3) is 0. The van der Waals surface area contributed by atoms with E-state index in [1.54, 1.807) is 12.1 Å². The van der Waals surface area contributed by atoms with Crippen molar-refractivity contribution < 1.29 is 5.11 Å². The Morgan fingerprint density at radius 3 is 2.40 bits per heavy atom. The quantitative estimate of drug-likeness (QED) is 0.697. The standard InChI is InChI=1S/C6H4BrClO.K.H/c7-4-1-2-6(9)5(8)3-4;;/h1-3,9H;;. The van der Waals surface area contributed by atoms with Crippen molar-refractivity contribution in [3.8, 4) is 5.75 Å². The Balaban J connectivity index is 0.000000810. The summed E-state index contributed by atoms with van der Waals surface area (Å²) in [6.07, 6.45) is 0. The molecule has 1 aromatic carbocycles. The molecule has 0 unspecified atom stereocenters. The first kappa shape index (κ1) is 11.4. The van der Waals surface area contributed by atoms with E-state index in [1.165, 1.54) is 6.07 Å². The monoisotopic (exact) mass is 246 g/mol. The predicted molar refractivity (Wildman–Crippen MR) is 48.0 cm³/mol. The molecule has 4 heteroatoms. The number of halogens is 2. The summed E-state index contributed by atoms with van der Waals surface area (Å²) < 4.78 is 0.866. The summed E-state index contributed by atoms with van der Waals surface area (Å²) in [7, 11) is 0. The molecular formula is C6H5BrClKO. The van der Waals surface area contributed by atoms with Gasteiger partial charge in [0.2, 0.25) is 0 Å². The summed E-state index contributed by atoms with van der Waals surface area (Å²) >= 11 is 8.73. The predicted octanol–water partition coefficient (Wildman–Crippen LogP) is 2.16. The second kappa shape index (κ2) is 5.14. The van der Waals surface area contributed by atoms with Gasteiger partial charge in [-0.05, 0) is 18.2 Å². The molecular weight excluding hydrogens is 243 g/mol. The fourth-order valence-electron chi connectivity index (χ4n) is 0.481. The molecule has 0 aromatic heterocycles. The molecule has 0 bridgehead atoms. The topological polar surface area (TPSA) is 20.2 Å². The van der Waals surface area contributed by atoms with Crippen LogP contribution in [0.5, 0.6) is 5.75 Å². The van der Waals surface area contributed by atoms with E-state index in [0.29, 0.717) is 5.02 Å². The molecule has 1 rings (SSSR count). The summed E-state index contributed by atoms with van der Waals surface area (Å²) in [5.41, 5.74) is 0. The van der Waals surface area contributed by atoms with E-state index < -0.39 is 0 Å². The maximum atomic E-state index is 8.89. The van der Waals surface area contributed by atoms with Crippen molar-refractivity contribution in [1.82, 2.24) is 0 Å². The molecule has 10 heavy (non-hydrogen) atoms. The van der Waals surface area contributed by atoms with Crippen molar-refractivity contribution in [1.29, 1.82) is 0 Å². The number of rotatable bonds is 0. The minimum atomic E-state index is 0. The Hall–Kier alpha value is 1.43. The van der Waals surface area contributed by atoms with Crippen molar-refractivity contribution in [2.24, 2.45) is 0 Å². The molecule has 0 aliphatic carbocycles. The molecule has 0 heterocycles. The van der Waals surface area contributed by atoms with Gasteiger partial charge in [0.05, 0.1) is 5.02 Å². The van der Waals surface area contributed by atoms with Crippen LogP contribution in [0.15, 0.2) is 22.7 Å². The fourth-order valence-corrected chi connectivity index (χ4v) is 1.15. The molecule has 0 amide bonds. The molecule has 0 fully saturated rings. The molecule has 50 valence electrons. The molecule has 0 saturated heterocycles. The Morgan fingerprint density at radius 2 is 2.00 bits per heavy atom. The summed E-state index contributed by atoms with van der Waals surface area (Å²) in [5, 5.41) is 9.26. The molecule has 0 aliphatic heterocycles. The number of benzene rings is 1. The molecule has 0 aliphatic rings. The van der Waals surface area contributed by atoms with Gasteiger partial charge < -0.3 is 5.11 Å². The van der Waals surface area contributed by atoms with Crippen LogP contribution in [0.4, 0.5) is 0 Å². The van der Waals surface area contributed by atoms with Gasteiger partial charge in [-0.25, -0.2) is 0 Å². The van der Waals surface area contributed by atoms with Crippen molar-refractivity contribution in [3.05, 3.63) is 27.7 Å². The van der Waals surface area contributed by atoms with E-state index in [-0.39, 0.29) is 57.1 Å². The van der Waals surface area contributed by atoms with E-state index >= 15 is 0 Å². The van der Waals surface area contributed by atoms with Crippen LogP contribution in [-0.4, -0.2) is 56.5 Å². The van der Waals surface area contributed by atoms with Gasteiger partial charge in [0.15, 0.2) is 0 Å². The van der Waals surface area contributed by atoms with Crippen LogP contribution in [0.3, 0.4) is 0 Å². The molecule has 0 saturated carbocycles. The Morgan fingerprint density at radius 1 is 1.40 bits per heavy atom. The third-order valence-corrected chi connectivity index (χ3v) is 1.71. The van der Waals surface area contributed by atoms with Gasteiger partial charge in [-0.15, -0.1) is 0 Å². The summed E-state index contributed by atoms with van der Waals surface area (Å²) in [6.45, 7) is 0.